The molecule has 7 heavy (non-hydrogen) atoms. The second-order valence-corrected chi connectivity index (χ2v) is 3.78. The van der Waals surface area contributed by atoms with Gasteiger partial charge in [-0.25, -0.2) is 0 Å². The predicted octanol–water partition coefficient (Wildman–Crippen LogP) is 1.95. The van der Waals surface area contributed by atoms with Crippen LogP contribution in [-0.2, 0) is 0 Å². The van der Waals surface area contributed by atoms with E-state index in [1.165, 1.54) is 8.58 Å². The van der Waals surface area contributed by atoms with Crippen LogP contribution in [-0.4, -0.2) is 12.3 Å². The third-order valence-electron chi connectivity index (χ3n) is 2.15. The second kappa shape index (κ2) is 1.74. The minimum Gasteiger partial charge on any atom is -0.122 e. The average molecular weight is 116 g/mol. The molecule has 0 bridgehead atoms. The molecule has 1 saturated carbocycles. The number of hydrogen-bond acceptors (Lipinski definition) is 0. The van der Waals surface area contributed by atoms with E-state index in [4.69, 9.17) is 0 Å². The molecule has 1 heteroatoms. The average Bonchev–Trinajstić information content (AvgIpc) is 2.17. The van der Waals surface area contributed by atoms with Crippen LogP contribution in [0.2, 0.25) is 0 Å². The summed E-state index contributed by atoms with van der Waals surface area (Å²) in [7, 11) is 1.19. The van der Waals surface area contributed by atoms with Gasteiger partial charge < -0.3 is 0 Å². The number of rotatable bonds is 1. The summed E-state index contributed by atoms with van der Waals surface area (Å²) in [5.74, 6) is 2.09. The van der Waals surface area contributed by atoms with Crippen LogP contribution in [0.15, 0.2) is 0 Å². The van der Waals surface area contributed by atoms with Gasteiger partial charge in [0, 0.05) is 0 Å². The Morgan fingerprint density at radius 2 is 1.57 bits per heavy atom. The zero-order valence-electron chi connectivity index (χ0n) is 5.23. The quantitative estimate of drug-likeness (QED) is 0.459. The maximum absolute atomic E-state index is 2.35. The summed E-state index contributed by atoms with van der Waals surface area (Å²) in [4.78, 5) is 0. The van der Waals surface area contributed by atoms with Crippen molar-refractivity contribution in [3.63, 3.8) is 0 Å². The van der Waals surface area contributed by atoms with Gasteiger partial charge in [-0.2, -0.15) is 0 Å². The van der Waals surface area contributed by atoms with E-state index in [9.17, 15) is 0 Å². The molecule has 0 aromatic carbocycles. The topological polar surface area (TPSA) is 0 Å². The zero-order chi connectivity index (χ0) is 5.44. The zero-order valence-corrected chi connectivity index (χ0v) is 6.23. The molecule has 0 heterocycles. The van der Waals surface area contributed by atoms with Crippen molar-refractivity contribution in [2.24, 2.45) is 11.8 Å². The summed E-state index contributed by atoms with van der Waals surface area (Å²) in [5.41, 5.74) is 1.10. The fourth-order valence-electron chi connectivity index (χ4n) is 1.19. The van der Waals surface area contributed by atoms with E-state index in [2.05, 4.69) is 20.5 Å². The highest BCUT2D eigenvalue weighted by atomic mass is 31.1. The summed E-state index contributed by atoms with van der Waals surface area (Å²) in [6, 6.07) is 0. The van der Waals surface area contributed by atoms with Gasteiger partial charge in [-0.1, -0.05) is 13.8 Å². The molecule has 3 atom stereocenters. The maximum atomic E-state index is 2.35. The van der Waals surface area contributed by atoms with Crippen LogP contribution in [0, 0.1) is 11.8 Å². The van der Waals surface area contributed by atoms with Gasteiger partial charge >= 0.3 is 0 Å². The first-order valence-corrected chi connectivity index (χ1v) is 4.52. The summed E-state index contributed by atoms with van der Waals surface area (Å²) < 4.78 is 0. The third kappa shape index (κ3) is 0.817. The molecule has 0 aromatic rings. The molecule has 0 spiro atoms. The largest absolute Gasteiger partial charge is 0.122 e. The first-order valence-electron chi connectivity index (χ1n) is 2.94. The molecule has 42 valence electrons. The van der Waals surface area contributed by atoms with E-state index in [0.717, 1.165) is 17.5 Å². The van der Waals surface area contributed by atoms with Crippen molar-refractivity contribution in [1.29, 1.82) is 0 Å². The summed E-state index contributed by atoms with van der Waals surface area (Å²) in [6.07, 6.45) is 0. The lowest BCUT2D eigenvalue weighted by atomic mass is 10.4. The Morgan fingerprint density at radius 3 is 1.57 bits per heavy atom. The Morgan fingerprint density at radius 1 is 1.14 bits per heavy atom. The Hall–Kier alpha value is 0.430. The molecule has 0 amide bonds. The molecular formula is C6H13P. The molecule has 1 rings (SSSR count). The standard InChI is InChI=1S/C6H13P/c1-4-5(2)6(4)7-3/h4-7H,1-3H3. The lowest BCUT2D eigenvalue weighted by Gasteiger charge is -1.81. The lowest BCUT2D eigenvalue weighted by molar-refractivity contribution is 0.834. The van der Waals surface area contributed by atoms with E-state index in [0.29, 0.717) is 0 Å². The van der Waals surface area contributed by atoms with Crippen molar-refractivity contribution in [3.8, 4) is 0 Å². The molecule has 1 fully saturated rings. The highest BCUT2D eigenvalue weighted by Crippen LogP contribution is 2.49. The van der Waals surface area contributed by atoms with Crippen molar-refractivity contribution in [3.05, 3.63) is 0 Å². The first kappa shape index (κ1) is 5.56. The molecule has 0 radical (unpaired) electrons. The van der Waals surface area contributed by atoms with Gasteiger partial charge in [0.05, 0.1) is 0 Å². The van der Waals surface area contributed by atoms with Gasteiger partial charge in [-0.15, -0.1) is 8.58 Å². The molecule has 0 saturated heterocycles. The number of hydrogen-bond donors (Lipinski definition) is 0. The van der Waals surface area contributed by atoms with Gasteiger partial charge in [0.15, 0.2) is 0 Å². The van der Waals surface area contributed by atoms with E-state index in [1.807, 2.05) is 0 Å². The van der Waals surface area contributed by atoms with Gasteiger partial charge in [0.1, 0.15) is 0 Å². The van der Waals surface area contributed by atoms with Gasteiger partial charge in [-0.3, -0.25) is 0 Å². The predicted molar refractivity (Wildman–Crippen MR) is 36.4 cm³/mol. The summed E-state index contributed by atoms with van der Waals surface area (Å²) in [5, 5.41) is 0. The molecule has 0 N–H and O–H groups in total. The fraction of sp³-hybridized carbons (Fsp3) is 1.00. The Labute approximate surface area is 47.5 Å². The van der Waals surface area contributed by atoms with Crippen LogP contribution >= 0.6 is 8.58 Å². The summed E-state index contributed by atoms with van der Waals surface area (Å²) >= 11 is 0. The Kier molecular flexibility index (Phi) is 1.39. The summed E-state index contributed by atoms with van der Waals surface area (Å²) in [6.45, 7) is 7.02. The third-order valence-corrected chi connectivity index (χ3v) is 3.87. The van der Waals surface area contributed by atoms with Crippen LogP contribution < -0.4 is 0 Å². The molecular weight excluding hydrogens is 103 g/mol. The van der Waals surface area contributed by atoms with E-state index in [-0.39, 0.29) is 0 Å². The lowest BCUT2D eigenvalue weighted by Crippen LogP contribution is -1.68. The van der Waals surface area contributed by atoms with E-state index < -0.39 is 0 Å². The van der Waals surface area contributed by atoms with E-state index >= 15 is 0 Å². The molecule has 3 unspecified atom stereocenters. The minimum atomic E-state index is 1.04. The van der Waals surface area contributed by atoms with Crippen molar-refractivity contribution < 1.29 is 0 Å². The van der Waals surface area contributed by atoms with Crippen molar-refractivity contribution >= 4 is 8.58 Å². The second-order valence-electron chi connectivity index (χ2n) is 2.53. The van der Waals surface area contributed by atoms with Crippen LogP contribution in [0.1, 0.15) is 13.8 Å². The Bertz CT molecular complexity index is 62.6. The molecule has 1 aliphatic rings. The van der Waals surface area contributed by atoms with E-state index in [1.54, 1.807) is 0 Å². The van der Waals surface area contributed by atoms with Crippen LogP contribution in [0.25, 0.3) is 0 Å². The fourth-order valence-corrected chi connectivity index (χ4v) is 2.74. The van der Waals surface area contributed by atoms with Crippen LogP contribution in [0.3, 0.4) is 0 Å². The highest BCUT2D eigenvalue weighted by molar-refractivity contribution is 7.38. The van der Waals surface area contributed by atoms with Gasteiger partial charge in [0.2, 0.25) is 0 Å². The van der Waals surface area contributed by atoms with Crippen molar-refractivity contribution in [2.45, 2.75) is 19.5 Å². The van der Waals surface area contributed by atoms with Crippen molar-refractivity contribution in [1.82, 2.24) is 0 Å². The minimum absolute atomic E-state index is 1.04. The van der Waals surface area contributed by atoms with Crippen LogP contribution in [0.4, 0.5) is 0 Å². The Balaban J connectivity index is 2.24. The first-order chi connectivity index (χ1) is 3.27. The molecule has 0 nitrogen and oxygen atoms in total. The van der Waals surface area contributed by atoms with Gasteiger partial charge in [0.25, 0.3) is 0 Å². The van der Waals surface area contributed by atoms with Gasteiger partial charge in [-0.05, 0) is 24.2 Å². The van der Waals surface area contributed by atoms with Crippen molar-refractivity contribution in [2.75, 3.05) is 6.66 Å². The normalized spacial score (nSPS) is 51.0. The van der Waals surface area contributed by atoms with Crippen LogP contribution in [0.5, 0.6) is 0 Å². The monoisotopic (exact) mass is 116 g/mol. The molecule has 1 aliphatic carbocycles. The maximum Gasteiger partial charge on any atom is -0.0182 e. The SMILES string of the molecule is CPC1C(C)C1C. The molecule has 0 aromatic heterocycles. The smallest absolute Gasteiger partial charge is 0.0182 e. The highest BCUT2D eigenvalue weighted by Gasteiger charge is 2.40. The molecule has 0 aliphatic heterocycles.